The molecule has 26 heavy (non-hydrogen) atoms. The summed E-state index contributed by atoms with van der Waals surface area (Å²) in [4.78, 5) is 15.9. The van der Waals surface area contributed by atoms with E-state index in [1.165, 1.54) is 6.07 Å². The van der Waals surface area contributed by atoms with E-state index >= 15 is 0 Å². The summed E-state index contributed by atoms with van der Waals surface area (Å²) >= 11 is 6.73. The summed E-state index contributed by atoms with van der Waals surface area (Å²) in [6, 6.07) is 16.2. The minimum Gasteiger partial charge on any atom is -0.478 e. The van der Waals surface area contributed by atoms with Crippen LogP contribution in [0.2, 0.25) is 5.15 Å². The Morgan fingerprint density at radius 1 is 1.23 bits per heavy atom. The molecule has 0 aliphatic heterocycles. The number of nitriles is 1. The monoisotopic (exact) mass is 361 g/mol. The molecular formula is C20H12ClN3O2. The molecule has 5 nitrogen and oxygen atoms in total. The van der Waals surface area contributed by atoms with Crippen molar-refractivity contribution in [3.05, 3.63) is 70.4 Å². The average molecular weight is 362 g/mol. The van der Waals surface area contributed by atoms with Crippen molar-refractivity contribution >= 4 is 34.3 Å². The normalized spacial score (nSPS) is 11.0. The van der Waals surface area contributed by atoms with E-state index in [0.29, 0.717) is 33.1 Å². The maximum atomic E-state index is 11.3. The first-order valence-electron chi connectivity index (χ1n) is 7.86. The van der Waals surface area contributed by atoms with Crippen LogP contribution >= 0.6 is 11.6 Å². The number of fused-ring (bicyclic) bond motifs is 3. The second kappa shape index (κ2) is 5.87. The third-order valence-electron chi connectivity index (χ3n) is 4.45. The Balaban J connectivity index is 2.17. The molecule has 0 saturated heterocycles. The van der Waals surface area contributed by atoms with Crippen LogP contribution in [0.5, 0.6) is 0 Å². The molecule has 0 unspecified atom stereocenters. The van der Waals surface area contributed by atoms with Gasteiger partial charge in [0, 0.05) is 5.56 Å². The number of imidazole rings is 1. The molecule has 1 N–H and O–H groups in total. The number of hydrogen-bond acceptors (Lipinski definition) is 3. The smallest absolute Gasteiger partial charge is 0.335 e. The molecule has 4 aromatic rings. The molecule has 0 aliphatic carbocycles. The van der Waals surface area contributed by atoms with Crippen molar-refractivity contribution in [1.29, 1.82) is 5.26 Å². The molecule has 0 saturated carbocycles. The molecule has 2 heterocycles. The van der Waals surface area contributed by atoms with Gasteiger partial charge < -0.3 is 5.11 Å². The first kappa shape index (κ1) is 16.1. The van der Waals surface area contributed by atoms with Gasteiger partial charge in [0.15, 0.2) is 5.65 Å². The number of carboxylic acids is 1. The van der Waals surface area contributed by atoms with Crippen LogP contribution in [0.1, 0.15) is 21.5 Å². The number of carbonyl (C=O) groups is 1. The summed E-state index contributed by atoms with van der Waals surface area (Å²) in [5, 5.41) is 19.4. The van der Waals surface area contributed by atoms with Crippen LogP contribution in [0.3, 0.4) is 0 Å². The Morgan fingerprint density at radius 2 is 2.00 bits per heavy atom. The highest BCUT2D eigenvalue weighted by molar-refractivity contribution is 6.33. The van der Waals surface area contributed by atoms with Crippen LogP contribution in [0.4, 0.5) is 0 Å². The molecule has 0 fully saturated rings. The van der Waals surface area contributed by atoms with Gasteiger partial charge in [-0.3, -0.25) is 4.40 Å². The number of para-hydroxylation sites is 2. The number of carboxylic acid groups (broad SMARTS) is 1. The summed E-state index contributed by atoms with van der Waals surface area (Å²) in [6.45, 7) is 1.80. The maximum absolute atomic E-state index is 11.3. The summed E-state index contributed by atoms with van der Waals surface area (Å²) in [7, 11) is 0. The molecular weight excluding hydrogens is 350 g/mol. The largest absolute Gasteiger partial charge is 0.478 e. The zero-order chi connectivity index (χ0) is 18.4. The number of benzene rings is 2. The fraction of sp³-hybridized carbons (Fsp3) is 0.0500. The maximum Gasteiger partial charge on any atom is 0.335 e. The standard InChI is InChI=1S/C20H12ClN3O2/c1-11-14(10-22)19-23-15-7-2-3-8-16(15)24(19)18(21)17(11)12-5-4-6-13(9-12)20(25)26/h2-9H,1H3,(H,25,26). The van der Waals surface area contributed by atoms with Crippen molar-refractivity contribution in [2.45, 2.75) is 6.92 Å². The van der Waals surface area contributed by atoms with Crippen LogP contribution in [0, 0.1) is 18.3 Å². The molecule has 0 aliphatic rings. The van der Waals surface area contributed by atoms with Gasteiger partial charge in [0.05, 0.1) is 22.2 Å². The predicted octanol–water partition coefficient (Wildman–Crippen LogP) is 4.69. The lowest BCUT2D eigenvalue weighted by Crippen LogP contribution is -2.01. The van der Waals surface area contributed by atoms with Crippen molar-refractivity contribution in [2.24, 2.45) is 0 Å². The third-order valence-corrected chi connectivity index (χ3v) is 4.81. The van der Waals surface area contributed by atoms with Gasteiger partial charge in [-0.1, -0.05) is 35.9 Å². The van der Waals surface area contributed by atoms with E-state index in [1.54, 1.807) is 29.5 Å². The van der Waals surface area contributed by atoms with E-state index in [-0.39, 0.29) is 5.56 Å². The molecule has 0 atom stereocenters. The number of aromatic nitrogens is 2. The average Bonchev–Trinajstić information content (AvgIpc) is 3.02. The summed E-state index contributed by atoms with van der Waals surface area (Å²) in [5.74, 6) is -1.02. The topological polar surface area (TPSA) is 78.4 Å². The minimum atomic E-state index is -1.02. The van der Waals surface area contributed by atoms with Gasteiger partial charge in [0.1, 0.15) is 11.2 Å². The van der Waals surface area contributed by atoms with Crippen molar-refractivity contribution in [3.63, 3.8) is 0 Å². The lowest BCUT2D eigenvalue weighted by Gasteiger charge is -2.14. The van der Waals surface area contributed by atoms with E-state index in [9.17, 15) is 15.2 Å². The molecule has 0 spiro atoms. The van der Waals surface area contributed by atoms with Crippen LogP contribution in [-0.2, 0) is 0 Å². The zero-order valence-corrected chi connectivity index (χ0v) is 14.4. The van der Waals surface area contributed by atoms with Crippen molar-refractivity contribution in [2.75, 3.05) is 0 Å². The Labute approximate surface area is 153 Å². The summed E-state index contributed by atoms with van der Waals surface area (Å²) in [6.07, 6.45) is 0. The highest BCUT2D eigenvalue weighted by Gasteiger charge is 2.21. The lowest BCUT2D eigenvalue weighted by atomic mass is 9.97. The molecule has 0 amide bonds. The minimum absolute atomic E-state index is 0.159. The quantitative estimate of drug-likeness (QED) is 0.525. The number of aromatic carboxylic acids is 1. The number of hydrogen-bond donors (Lipinski definition) is 1. The third kappa shape index (κ3) is 2.24. The molecule has 4 rings (SSSR count). The molecule has 126 valence electrons. The van der Waals surface area contributed by atoms with Crippen molar-refractivity contribution < 1.29 is 9.90 Å². The second-order valence-corrected chi connectivity index (χ2v) is 6.28. The SMILES string of the molecule is Cc1c(-c2cccc(C(=O)O)c2)c(Cl)n2c(nc3ccccc32)c1C#N. The molecule has 2 aromatic heterocycles. The fourth-order valence-corrected chi connectivity index (χ4v) is 3.65. The molecule has 6 heteroatoms. The Hall–Kier alpha value is -3.36. The zero-order valence-electron chi connectivity index (χ0n) is 13.7. The first-order chi connectivity index (χ1) is 12.5. The van der Waals surface area contributed by atoms with E-state index in [2.05, 4.69) is 11.1 Å². The van der Waals surface area contributed by atoms with Crippen LogP contribution in [0.15, 0.2) is 48.5 Å². The highest BCUT2D eigenvalue weighted by Crippen LogP contribution is 2.37. The first-order valence-corrected chi connectivity index (χ1v) is 8.24. The molecule has 0 radical (unpaired) electrons. The van der Waals surface area contributed by atoms with Gasteiger partial charge in [-0.25, -0.2) is 9.78 Å². The lowest BCUT2D eigenvalue weighted by molar-refractivity contribution is 0.0697. The van der Waals surface area contributed by atoms with Crippen molar-refractivity contribution in [1.82, 2.24) is 9.38 Å². The van der Waals surface area contributed by atoms with Gasteiger partial charge in [0.25, 0.3) is 0 Å². The van der Waals surface area contributed by atoms with E-state index in [0.717, 1.165) is 11.0 Å². The fourth-order valence-electron chi connectivity index (χ4n) is 3.23. The molecule has 0 bridgehead atoms. The van der Waals surface area contributed by atoms with Crippen molar-refractivity contribution in [3.8, 4) is 17.2 Å². The Kier molecular flexibility index (Phi) is 3.64. The van der Waals surface area contributed by atoms with Crippen LogP contribution in [-0.4, -0.2) is 20.5 Å². The van der Waals surface area contributed by atoms with Crippen LogP contribution in [0.25, 0.3) is 27.8 Å². The number of pyridine rings is 1. The predicted molar refractivity (Wildman–Crippen MR) is 99.6 cm³/mol. The number of nitrogens with zero attached hydrogens (tertiary/aromatic N) is 3. The van der Waals surface area contributed by atoms with Gasteiger partial charge >= 0.3 is 5.97 Å². The summed E-state index contributed by atoms with van der Waals surface area (Å²) < 4.78 is 1.74. The number of rotatable bonds is 2. The Morgan fingerprint density at radius 3 is 2.73 bits per heavy atom. The van der Waals surface area contributed by atoms with Gasteiger partial charge in [0.2, 0.25) is 0 Å². The number of halogens is 1. The van der Waals surface area contributed by atoms with Crippen LogP contribution < -0.4 is 0 Å². The van der Waals surface area contributed by atoms with Gasteiger partial charge in [-0.05, 0) is 42.3 Å². The summed E-state index contributed by atoms with van der Waals surface area (Å²) in [5.41, 5.74) is 4.54. The van der Waals surface area contributed by atoms with Gasteiger partial charge in [-0.2, -0.15) is 5.26 Å². The van der Waals surface area contributed by atoms with Gasteiger partial charge in [-0.15, -0.1) is 0 Å². The van der Waals surface area contributed by atoms with E-state index in [4.69, 9.17) is 11.6 Å². The second-order valence-electron chi connectivity index (χ2n) is 5.92. The molecule has 2 aromatic carbocycles. The van der Waals surface area contributed by atoms with E-state index < -0.39 is 5.97 Å². The van der Waals surface area contributed by atoms with E-state index in [1.807, 2.05) is 24.3 Å². The highest BCUT2D eigenvalue weighted by atomic mass is 35.5. The Bertz CT molecular complexity index is 1250.